The Kier molecular flexibility index (Phi) is 2.11. The quantitative estimate of drug-likeness (QED) is 0.661. The highest BCUT2D eigenvalue weighted by Gasteiger charge is 2.59. The van der Waals surface area contributed by atoms with Gasteiger partial charge in [0.15, 0.2) is 0 Å². The molecule has 0 radical (unpaired) electrons. The smallest absolute Gasteiger partial charge is 0.303 e. The van der Waals surface area contributed by atoms with E-state index in [-0.39, 0.29) is 5.97 Å². The number of hydrogen-bond donors (Lipinski definition) is 0. The monoisotopic (exact) mass is 237 g/mol. The van der Waals surface area contributed by atoms with E-state index < -0.39 is 17.0 Å². The van der Waals surface area contributed by atoms with Gasteiger partial charge in [-0.3, -0.25) is 4.79 Å². The third-order valence-corrected chi connectivity index (χ3v) is 4.80. The molecule has 0 aromatic rings. The summed E-state index contributed by atoms with van der Waals surface area (Å²) < 4.78 is 5.50. The van der Waals surface area contributed by atoms with Crippen LogP contribution in [0.25, 0.3) is 0 Å². The van der Waals surface area contributed by atoms with E-state index in [1.54, 1.807) is 0 Å². The van der Waals surface area contributed by atoms with Crippen LogP contribution in [0.15, 0.2) is 0 Å². The minimum absolute atomic E-state index is 0.291. The van der Waals surface area contributed by atoms with Crippen LogP contribution in [-0.2, 0) is 14.3 Å². The van der Waals surface area contributed by atoms with E-state index in [1.807, 2.05) is 0 Å². The fourth-order valence-electron chi connectivity index (χ4n) is 4.84. The largest absolute Gasteiger partial charge is 0.550 e. The summed E-state index contributed by atoms with van der Waals surface area (Å²) in [6.45, 7) is 1.41. The molecular weight excluding hydrogens is 220 g/mol. The van der Waals surface area contributed by atoms with E-state index in [9.17, 15) is 14.7 Å². The minimum Gasteiger partial charge on any atom is -0.550 e. The maximum Gasteiger partial charge on any atom is 0.303 e. The Balaban J connectivity index is 1.94. The molecule has 4 aliphatic carbocycles. The van der Waals surface area contributed by atoms with Crippen molar-refractivity contribution in [2.45, 2.75) is 51.0 Å². The molecule has 0 saturated heterocycles. The first-order valence-electron chi connectivity index (χ1n) is 6.34. The van der Waals surface area contributed by atoms with Gasteiger partial charge in [-0.25, -0.2) is 0 Å². The molecule has 0 spiro atoms. The number of esters is 1. The van der Waals surface area contributed by atoms with Crippen LogP contribution in [0.4, 0.5) is 0 Å². The summed E-state index contributed by atoms with van der Waals surface area (Å²) in [5.41, 5.74) is -1.23. The lowest BCUT2D eigenvalue weighted by Crippen LogP contribution is -2.62. The van der Waals surface area contributed by atoms with Crippen molar-refractivity contribution in [2.24, 2.45) is 17.3 Å². The maximum atomic E-state index is 11.4. The highest BCUT2D eigenvalue weighted by molar-refractivity contribution is 5.74. The zero-order valence-corrected chi connectivity index (χ0v) is 10.0. The van der Waals surface area contributed by atoms with Crippen molar-refractivity contribution in [3.8, 4) is 0 Å². The van der Waals surface area contributed by atoms with E-state index in [2.05, 4.69) is 0 Å². The molecular formula is C13H17O4-. The summed E-state index contributed by atoms with van der Waals surface area (Å²) in [4.78, 5) is 22.6. The zero-order valence-electron chi connectivity index (χ0n) is 10.0. The first kappa shape index (κ1) is 11.1. The van der Waals surface area contributed by atoms with Gasteiger partial charge in [0.2, 0.25) is 0 Å². The standard InChI is InChI=1S/C13H18O4/c1-8(14)17-13-5-9-2-10(6-13)4-12(3-9,7-13)11(15)16/h9-10H,2-7H2,1H3,(H,15,16)/p-1/t9-,10+,12?,13?. The van der Waals surface area contributed by atoms with Gasteiger partial charge in [-0.05, 0) is 50.4 Å². The number of carboxylic acids is 1. The Morgan fingerprint density at radius 3 is 2.24 bits per heavy atom. The Morgan fingerprint density at radius 2 is 1.76 bits per heavy atom. The minimum atomic E-state index is -0.942. The number of hydrogen-bond acceptors (Lipinski definition) is 4. The van der Waals surface area contributed by atoms with E-state index in [0.29, 0.717) is 18.3 Å². The van der Waals surface area contributed by atoms with Gasteiger partial charge in [-0.1, -0.05) is 0 Å². The van der Waals surface area contributed by atoms with Crippen LogP contribution in [-0.4, -0.2) is 17.5 Å². The average Bonchev–Trinajstić information content (AvgIpc) is 2.12. The third-order valence-electron chi connectivity index (χ3n) is 4.80. The summed E-state index contributed by atoms with van der Waals surface area (Å²) >= 11 is 0. The molecule has 4 nitrogen and oxygen atoms in total. The number of carbonyl (C=O) groups is 2. The molecule has 0 heterocycles. The van der Waals surface area contributed by atoms with Gasteiger partial charge in [0.25, 0.3) is 0 Å². The molecule has 0 aromatic heterocycles. The molecule has 0 amide bonds. The molecule has 2 unspecified atom stereocenters. The maximum absolute atomic E-state index is 11.4. The summed E-state index contributed by atoms with van der Waals surface area (Å²) in [5.74, 6) is -0.439. The summed E-state index contributed by atoms with van der Waals surface area (Å²) in [5, 5.41) is 11.4. The number of carbonyl (C=O) groups excluding carboxylic acids is 2. The second-order valence-corrected chi connectivity index (χ2v) is 6.31. The van der Waals surface area contributed by atoms with Crippen molar-refractivity contribution in [2.75, 3.05) is 0 Å². The molecule has 0 aliphatic heterocycles. The van der Waals surface area contributed by atoms with Gasteiger partial charge in [-0.2, -0.15) is 0 Å². The number of rotatable bonds is 2. The molecule has 0 aromatic carbocycles. The molecule has 0 N–H and O–H groups in total. The summed E-state index contributed by atoms with van der Waals surface area (Å²) in [6, 6.07) is 0. The second-order valence-electron chi connectivity index (χ2n) is 6.31. The van der Waals surface area contributed by atoms with Gasteiger partial charge in [0.1, 0.15) is 5.60 Å². The second kappa shape index (κ2) is 3.24. The molecule has 4 rings (SSSR count). The number of aliphatic carboxylic acids is 1. The number of carboxylic acid groups (broad SMARTS) is 1. The molecule has 4 saturated carbocycles. The fraction of sp³-hybridized carbons (Fsp3) is 0.846. The highest BCUT2D eigenvalue weighted by atomic mass is 16.6. The van der Waals surface area contributed by atoms with Crippen molar-refractivity contribution < 1.29 is 19.4 Å². The van der Waals surface area contributed by atoms with Gasteiger partial charge in [0.05, 0.1) is 0 Å². The number of ether oxygens (including phenoxy) is 1. The van der Waals surface area contributed by atoms with Crippen molar-refractivity contribution in [3.63, 3.8) is 0 Å². The molecule has 94 valence electrons. The summed E-state index contributed by atoms with van der Waals surface area (Å²) in [7, 11) is 0. The van der Waals surface area contributed by atoms with Gasteiger partial charge in [-0.15, -0.1) is 0 Å². The Hall–Kier alpha value is -1.06. The fourth-order valence-corrected chi connectivity index (χ4v) is 4.84. The van der Waals surface area contributed by atoms with Gasteiger partial charge in [0, 0.05) is 18.3 Å². The molecule has 4 bridgehead atoms. The normalized spacial score (nSPS) is 46.9. The first-order valence-corrected chi connectivity index (χ1v) is 6.34. The molecule has 4 aliphatic rings. The Morgan fingerprint density at radius 1 is 1.18 bits per heavy atom. The van der Waals surface area contributed by atoms with E-state index >= 15 is 0 Å². The zero-order chi connectivity index (χ0) is 12.3. The first-order chi connectivity index (χ1) is 7.93. The Labute approximate surface area is 100 Å². The lowest BCUT2D eigenvalue weighted by Gasteiger charge is -2.61. The van der Waals surface area contributed by atoms with Crippen LogP contribution >= 0.6 is 0 Å². The van der Waals surface area contributed by atoms with Crippen molar-refractivity contribution >= 4 is 11.9 Å². The van der Waals surface area contributed by atoms with Gasteiger partial charge >= 0.3 is 5.97 Å². The predicted octanol–water partition coefficient (Wildman–Crippen LogP) is 0.638. The van der Waals surface area contributed by atoms with Crippen LogP contribution in [0.1, 0.15) is 45.4 Å². The van der Waals surface area contributed by atoms with E-state index in [1.165, 1.54) is 6.92 Å². The van der Waals surface area contributed by atoms with Crippen molar-refractivity contribution in [1.82, 2.24) is 0 Å². The molecule has 4 fully saturated rings. The topological polar surface area (TPSA) is 66.4 Å². The van der Waals surface area contributed by atoms with Crippen molar-refractivity contribution in [1.29, 1.82) is 0 Å². The Bertz CT molecular complexity index is 373. The summed E-state index contributed by atoms with van der Waals surface area (Å²) in [6.07, 6.45) is 4.69. The highest BCUT2D eigenvalue weighted by Crippen LogP contribution is 2.62. The third kappa shape index (κ3) is 1.57. The van der Waals surface area contributed by atoms with Crippen LogP contribution in [0, 0.1) is 17.3 Å². The lowest BCUT2D eigenvalue weighted by molar-refractivity contribution is -0.331. The SMILES string of the molecule is CC(=O)OC12C[C@H]3C[C@@H](C1)CC(C(=O)[O-])(C3)C2. The van der Waals surface area contributed by atoms with Gasteiger partial charge < -0.3 is 14.6 Å². The van der Waals surface area contributed by atoms with Crippen LogP contribution in [0.2, 0.25) is 0 Å². The van der Waals surface area contributed by atoms with E-state index in [0.717, 1.165) is 32.1 Å². The van der Waals surface area contributed by atoms with Crippen LogP contribution in [0.5, 0.6) is 0 Å². The molecule has 4 atom stereocenters. The van der Waals surface area contributed by atoms with Crippen LogP contribution < -0.4 is 5.11 Å². The van der Waals surface area contributed by atoms with Crippen molar-refractivity contribution in [3.05, 3.63) is 0 Å². The molecule has 17 heavy (non-hydrogen) atoms. The lowest BCUT2D eigenvalue weighted by atomic mass is 9.48. The predicted molar refractivity (Wildman–Crippen MR) is 56.6 cm³/mol. The van der Waals surface area contributed by atoms with Crippen LogP contribution in [0.3, 0.4) is 0 Å². The van der Waals surface area contributed by atoms with E-state index in [4.69, 9.17) is 4.74 Å². The molecule has 4 heteroatoms. The average molecular weight is 237 g/mol.